The lowest BCUT2D eigenvalue weighted by atomic mass is 9.59. The molecule has 0 aromatic heterocycles. The van der Waals surface area contributed by atoms with Gasteiger partial charge in [0.25, 0.3) is 0 Å². The smallest absolute Gasteiger partial charge is 0.143 e. The molecule has 0 N–H and O–H groups in total. The van der Waals surface area contributed by atoms with Gasteiger partial charge in [0.1, 0.15) is 7.85 Å². The molecule has 2 fully saturated rings. The maximum absolute atomic E-state index is 6.37. The molecule has 0 bridgehead atoms. The van der Waals surface area contributed by atoms with E-state index in [1.54, 1.807) is 0 Å². The highest BCUT2D eigenvalue weighted by molar-refractivity contribution is 6.15. The summed E-state index contributed by atoms with van der Waals surface area (Å²) in [6.45, 7) is 15.5. The fourth-order valence-corrected chi connectivity index (χ4v) is 5.07. The summed E-state index contributed by atoms with van der Waals surface area (Å²) in [5.41, 5.74) is 4.68. The van der Waals surface area contributed by atoms with Crippen molar-refractivity contribution in [1.29, 1.82) is 0 Å². The molecule has 4 nitrogen and oxygen atoms in total. The van der Waals surface area contributed by atoms with E-state index in [0.717, 1.165) is 39.3 Å². The Labute approximate surface area is 206 Å². The molecule has 0 saturated carbocycles. The Morgan fingerprint density at radius 1 is 0.706 bits per heavy atom. The van der Waals surface area contributed by atoms with E-state index in [0.29, 0.717) is 13.2 Å². The van der Waals surface area contributed by atoms with Crippen LogP contribution in [0.1, 0.15) is 58.6 Å². The monoisotopic (exact) mass is 464 g/mol. The minimum absolute atomic E-state index is 0.135. The molecule has 0 spiro atoms. The Morgan fingerprint density at radius 3 is 1.47 bits per heavy atom. The highest BCUT2D eigenvalue weighted by Crippen LogP contribution is 2.44. The van der Waals surface area contributed by atoms with Crippen LogP contribution in [0.3, 0.4) is 0 Å². The zero-order valence-corrected chi connectivity index (χ0v) is 21.9. The predicted molar refractivity (Wildman–Crippen MR) is 140 cm³/mol. The van der Waals surface area contributed by atoms with Crippen LogP contribution in [0.25, 0.3) is 11.1 Å². The Bertz CT molecular complexity index is 851. The molecule has 34 heavy (non-hydrogen) atoms. The number of hydrogen-bond donors (Lipinski definition) is 0. The van der Waals surface area contributed by atoms with Crippen LogP contribution in [-0.4, -0.2) is 45.4 Å². The van der Waals surface area contributed by atoms with E-state index in [-0.39, 0.29) is 21.9 Å². The topological polar surface area (TPSA) is 36.9 Å². The Morgan fingerprint density at radius 2 is 1.12 bits per heavy atom. The number of rotatable bonds is 11. The van der Waals surface area contributed by atoms with Crippen LogP contribution in [0.4, 0.5) is 0 Å². The fraction of sp³-hybridized carbons (Fsp3) is 0.586. The van der Waals surface area contributed by atoms with Crippen molar-refractivity contribution in [2.24, 2.45) is 10.8 Å². The summed E-state index contributed by atoms with van der Waals surface area (Å²) in [5.74, 6) is 0. The fourth-order valence-electron chi connectivity index (χ4n) is 5.07. The van der Waals surface area contributed by atoms with Gasteiger partial charge in [-0.15, -0.1) is 0 Å². The minimum atomic E-state index is -0.201. The van der Waals surface area contributed by atoms with Gasteiger partial charge in [-0.25, -0.2) is 0 Å². The number of benzene rings is 2. The average molecular weight is 464 g/mol. The second kappa shape index (κ2) is 9.77. The number of ether oxygens (including phenoxy) is 4. The quantitative estimate of drug-likeness (QED) is 0.419. The van der Waals surface area contributed by atoms with Gasteiger partial charge in [-0.1, -0.05) is 62.4 Å². The molecule has 2 aromatic carbocycles. The maximum Gasteiger partial charge on any atom is 0.143 e. The van der Waals surface area contributed by atoms with Crippen LogP contribution < -0.4 is 0 Å². The molecule has 184 valence electrons. The summed E-state index contributed by atoms with van der Waals surface area (Å²) in [5, 5.41) is 0. The van der Waals surface area contributed by atoms with Crippen molar-refractivity contribution in [3.8, 4) is 11.1 Å². The van der Waals surface area contributed by atoms with E-state index in [9.17, 15) is 0 Å². The molecule has 2 aliphatic heterocycles. The summed E-state index contributed by atoms with van der Waals surface area (Å²) in [6, 6.07) is 17.4. The molecule has 0 amide bonds. The largest absolute Gasteiger partial charge is 0.380 e. The summed E-state index contributed by atoms with van der Waals surface area (Å²) in [6.07, 6.45) is 2.15. The summed E-state index contributed by atoms with van der Waals surface area (Å²) < 4.78 is 23.8. The third-order valence-electron chi connectivity index (χ3n) is 8.86. The standard InChI is InChI=1S/C29H41BO4/c1-6-28(18-31-19-28)26(3,4)33-16-22-8-12-24(13-9-22)25-14-10-23(11-15-25)17-34-27(5,30)29(7-2)20-32-21-29/h8-15H,6-7,16-21,30H2,1-5H3. The van der Waals surface area contributed by atoms with Gasteiger partial charge >= 0.3 is 0 Å². The van der Waals surface area contributed by atoms with Gasteiger partial charge in [-0.3, -0.25) is 0 Å². The van der Waals surface area contributed by atoms with Crippen molar-refractivity contribution in [2.75, 3.05) is 26.4 Å². The summed E-state index contributed by atoms with van der Waals surface area (Å²) in [7, 11) is 2.20. The van der Waals surface area contributed by atoms with Gasteiger partial charge in [-0.2, -0.15) is 0 Å². The van der Waals surface area contributed by atoms with Crippen LogP contribution >= 0.6 is 0 Å². The zero-order valence-electron chi connectivity index (χ0n) is 21.9. The first-order chi connectivity index (χ1) is 16.2. The molecule has 0 radical (unpaired) electrons. The third-order valence-corrected chi connectivity index (χ3v) is 8.86. The highest BCUT2D eigenvalue weighted by Gasteiger charge is 2.51. The van der Waals surface area contributed by atoms with Crippen LogP contribution in [0.5, 0.6) is 0 Å². The SMILES string of the molecule is BC(C)(OCc1ccc(-c2ccc(COC(C)(C)C3(CC)COC3)cc2)cc1)C1(CC)COC1. The lowest BCUT2D eigenvalue weighted by molar-refractivity contribution is -0.232. The van der Waals surface area contributed by atoms with Gasteiger partial charge in [0, 0.05) is 16.3 Å². The molecule has 2 saturated heterocycles. The van der Waals surface area contributed by atoms with Crippen LogP contribution in [-0.2, 0) is 32.2 Å². The van der Waals surface area contributed by atoms with Gasteiger partial charge in [0.2, 0.25) is 0 Å². The minimum Gasteiger partial charge on any atom is -0.380 e. The molecular weight excluding hydrogens is 423 g/mol. The Balaban J connectivity index is 1.32. The second-order valence-electron chi connectivity index (χ2n) is 11.2. The predicted octanol–water partition coefficient (Wildman–Crippen LogP) is 5.37. The molecule has 4 rings (SSSR count). The van der Waals surface area contributed by atoms with Gasteiger partial charge < -0.3 is 18.9 Å². The van der Waals surface area contributed by atoms with Crippen molar-refractivity contribution in [2.45, 2.75) is 71.8 Å². The first kappa shape index (κ1) is 25.4. The van der Waals surface area contributed by atoms with Crippen LogP contribution in [0.15, 0.2) is 48.5 Å². The lowest BCUT2D eigenvalue weighted by Crippen LogP contribution is -2.59. The van der Waals surface area contributed by atoms with Crippen molar-refractivity contribution >= 4 is 7.85 Å². The van der Waals surface area contributed by atoms with E-state index in [2.05, 4.69) is 91.0 Å². The van der Waals surface area contributed by atoms with Gasteiger partial charge in [-0.05, 0) is 55.9 Å². The Kier molecular flexibility index (Phi) is 7.31. The van der Waals surface area contributed by atoms with Crippen LogP contribution in [0.2, 0.25) is 0 Å². The summed E-state index contributed by atoms with van der Waals surface area (Å²) in [4.78, 5) is 0. The third kappa shape index (κ3) is 4.73. The normalized spacial score (nSPS) is 20.7. The van der Waals surface area contributed by atoms with Crippen molar-refractivity contribution in [1.82, 2.24) is 0 Å². The Hall–Kier alpha value is -1.66. The molecule has 1 unspecified atom stereocenters. The molecule has 1 atom stereocenters. The van der Waals surface area contributed by atoms with Crippen molar-refractivity contribution in [3.05, 3.63) is 59.7 Å². The van der Waals surface area contributed by atoms with Crippen LogP contribution in [0, 0.1) is 10.8 Å². The highest BCUT2D eigenvalue weighted by atomic mass is 16.5. The first-order valence-corrected chi connectivity index (χ1v) is 12.8. The zero-order chi connectivity index (χ0) is 24.5. The van der Waals surface area contributed by atoms with E-state index in [1.165, 1.54) is 22.3 Å². The van der Waals surface area contributed by atoms with E-state index < -0.39 is 0 Å². The molecule has 2 heterocycles. The molecule has 0 aliphatic carbocycles. The van der Waals surface area contributed by atoms with Gasteiger partial charge in [0.15, 0.2) is 0 Å². The average Bonchev–Trinajstić information content (AvgIpc) is 2.76. The second-order valence-corrected chi connectivity index (χ2v) is 11.2. The molecule has 2 aromatic rings. The summed E-state index contributed by atoms with van der Waals surface area (Å²) >= 11 is 0. The van der Waals surface area contributed by atoms with E-state index >= 15 is 0 Å². The maximum atomic E-state index is 6.37. The lowest BCUT2D eigenvalue weighted by Gasteiger charge is -2.52. The molecular formula is C29H41BO4. The van der Waals surface area contributed by atoms with Gasteiger partial charge in [0.05, 0.1) is 45.2 Å². The number of hydrogen-bond acceptors (Lipinski definition) is 4. The molecule has 5 heteroatoms. The van der Waals surface area contributed by atoms with Crippen molar-refractivity contribution in [3.63, 3.8) is 0 Å². The van der Waals surface area contributed by atoms with E-state index in [4.69, 9.17) is 18.9 Å². The first-order valence-electron chi connectivity index (χ1n) is 12.8. The van der Waals surface area contributed by atoms with Crippen molar-refractivity contribution < 1.29 is 18.9 Å². The van der Waals surface area contributed by atoms with E-state index in [1.807, 2.05) is 0 Å². The molecule has 2 aliphatic rings.